The maximum absolute atomic E-state index is 13.1. The minimum absolute atomic E-state index is 0.209. The van der Waals surface area contributed by atoms with Crippen molar-refractivity contribution in [2.24, 2.45) is 0 Å². The Labute approximate surface area is 116 Å². The van der Waals surface area contributed by atoms with Crippen LogP contribution in [0.4, 0.5) is 10.1 Å². The molecule has 3 N–H and O–H groups in total. The molecule has 0 atom stereocenters. The van der Waals surface area contributed by atoms with Crippen LogP contribution >= 0.6 is 0 Å². The highest BCUT2D eigenvalue weighted by molar-refractivity contribution is 5.97. The minimum atomic E-state index is -0.323. The van der Waals surface area contributed by atoms with E-state index in [1.807, 2.05) is 6.92 Å². The Morgan fingerprint density at radius 2 is 2.25 bits per heavy atom. The molecule has 0 aliphatic carbocycles. The number of carbonyl (C=O) groups is 1. The number of amides is 1. The van der Waals surface area contributed by atoms with E-state index in [2.05, 4.69) is 10.2 Å². The van der Waals surface area contributed by atoms with Crippen molar-refractivity contribution in [1.29, 1.82) is 0 Å². The maximum Gasteiger partial charge on any atom is 0.276 e. The summed E-state index contributed by atoms with van der Waals surface area (Å²) in [5.74, 6) is -0.612. The SMILES string of the molecule is CCc1[nH]nc(C(=O)N(C)Cc2cccc(F)c2)c1N. The van der Waals surface area contributed by atoms with Crippen LogP contribution in [0.2, 0.25) is 0 Å². The first-order valence-electron chi connectivity index (χ1n) is 6.35. The van der Waals surface area contributed by atoms with Crippen LogP contribution in [0.25, 0.3) is 0 Å². The summed E-state index contributed by atoms with van der Waals surface area (Å²) in [7, 11) is 1.63. The van der Waals surface area contributed by atoms with Gasteiger partial charge in [-0.05, 0) is 24.1 Å². The summed E-state index contributed by atoms with van der Waals surface area (Å²) in [6, 6.07) is 6.14. The molecule has 2 aromatic rings. The molecule has 20 heavy (non-hydrogen) atoms. The van der Waals surface area contributed by atoms with E-state index >= 15 is 0 Å². The number of nitrogens with one attached hydrogen (secondary N) is 1. The third-order valence-electron chi connectivity index (χ3n) is 3.09. The van der Waals surface area contributed by atoms with E-state index in [0.717, 1.165) is 5.69 Å². The van der Waals surface area contributed by atoms with Gasteiger partial charge in [0.1, 0.15) is 5.82 Å². The largest absolute Gasteiger partial charge is 0.395 e. The Hall–Kier alpha value is -2.37. The predicted molar refractivity (Wildman–Crippen MR) is 74.6 cm³/mol. The fraction of sp³-hybridized carbons (Fsp3) is 0.286. The number of nitrogens with zero attached hydrogens (tertiary/aromatic N) is 2. The van der Waals surface area contributed by atoms with Gasteiger partial charge in [0, 0.05) is 13.6 Å². The van der Waals surface area contributed by atoms with Crippen molar-refractivity contribution in [3.05, 3.63) is 47.0 Å². The summed E-state index contributed by atoms with van der Waals surface area (Å²) in [6.07, 6.45) is 0.680. The third kappa shape index (κ3) is 2.79. The zero-order chi connectivity index (χ0) is 14.7. The molecule has 1 heterocycles. The van der Waals surface area contributed by atoms with Gasteiger partial charge in [0.25, 0.3) is 5.91 Å². The molecule has 1 aromatic carbocycles. The molecule has 0 bridgehead atoms. The van der Waals surface area contributed by atoms with Crippen molar-refractivity contribution in [3.8, 4) is 0 Å². The number of H-pyrrole nitrogens is 1. The van der Waals surface area contributed by atoms with Gasteiger partial charge < -0.3 is 10.6 Å². The van der Waals surface area contributed by atoms with Crippen LogP contribution in [0.5, 0.6) is 0 Å². The second-order valence-electron chi connectivity index (χ2n) is 4.61. The van der Waals surface area contributed by atoms with Gasteiger partial charge >= 0.3 is 0 Å². The molecule has 0 fully saturated rings. The lowest BCUT2D eigenvalue weighted by atomic mass is 10.2. The van der Waals surface area contributed by atoms with E-state index in [1.165, 1.54) is 17.0 Å². The molecule has 1 aromatic heterocycles. The van der Waals surface area contributed by atoms with Crippen LogP contribution in [0, 0.1) is 5.82 Å². The van der Waals surface area contributed by atoms with Crippen molar-refractivity contribution in [1.82, 2.24) is 15.1 Å². The number of rotatable bonds is 4. The Bertz CT molecular complexity index is 623. The summed E-state index contributed by atoms with van der Waals surface area (Å²) in [6.45, 7) is 2.22. The molecular weight excluding hydrogens is 259 g/mol. The summed E-state index contributed by atoms with van der Waals surface area (Å²) < 4.78 is 13.1. The number of aryl methyl sites for hydroxylation is 1. The molecule has 0 radical (unpaired) electrons. The molecule has 0 aliphatic heterocycles. The number of nitrogen functional groups attached to an aromatic ring is 1. The van der Waals surface area contributed by atoms with Crippen LogP contribution in [0.15, 0.2) is 24.3 Å². The Kier molecular flexibility index (Phi) is 4.02. The summed E-state index contributed by atoms with van der Waals surface area (Å²) in [5, 5.41) is 6.70. The van der Waals surface area contributed by atoms with Crippen molar-refractivity contribution >= 4 is 11.6 Å². The van der Waals surface area contributed by atoms with E-state index in [1.54, 1.807) is 19.2 Å². The molecule has 5 nitrogen and oxygen atoms in total. The predicted octanol–water partition coefficient (Wildman–Crippen LogP) is 1.97. The van der Waals surface area contributed by atoms with Gasteiger partial charge in [-0.2, -0.15) is 5.10 Å². The molecule has 0 saturated heterocycles. The van der Waals surface area contributed by atoms with Crippen LogP contribution < -0.4 is 5.73 Å². The summed E-state index contributed by atoms with van der Waals surface area (Å²) in [4.78, 5) is 13.7. The molecule has 1 amide bonds. The van der Waals surface area contributed by atoms with Gasteiger partial charge in [-0.15, -0.1) is 0 Å². The average molecular weight is 276 g/mol. The van der Waals surface area contributed by atoms with Crippen LogP contribution in [0.1, 0.15) is 28.7 Å². The van der Waals surface area contributed by atoms with Crippen molar-refractivity contribution < 1.29 is 9.18 Å². The van der Waals surface area contributed by atoms with Crippen LogP contribution in [0.3, 0.4) is 0 Å². The maximum atomic E-state index is 13.1. The van der Waals surface area contributed by atoms with Crippen LogP contribution in [-0.4, -0.2) is 28.1 Å². The first-order chi connectivity index (χ1) is 9.52. The standard InChI is InChI=1S/C14H17FN4O/c1-3-11-12(16)13(18-17-11)14(20)19(2)8-9-5-4-6-10(15)7-9/h4-7H,3,8,16H2,1-2H3,(H,17,18). The van der Waals surface area contributed by atoms with Gasteiger partial charge in [-0.25, -0.2) is 4.39 Å². The number of aromatic amines is 1. The number of hydrogen-bond acceptors (Lipinski definition) is 3. The number of anilines is 1. The Morgan fingerprint density at radius 3 is 2.85 bits per heavy atom. The fourth-order valence-electron chi connectivity index (χ4n) is 1.98. The lowest BCUT2D eigenvalue weighted by Gasteiger charge is -2.16. The second-order valence-corrected chi connectivity index (χ2v) is 4.61. The molecule has 6 heteroatoms. The van der Waals surface area contributed by atoms with E-state index < -0.39 is 0 Å². The van der Waals surface area contributed by atoms with Gasteiger partial charge in [0.05, 0.1) is 11.4 Å². The monoisotopic (exact) mass is 276 g/mol. The van der Waals surface area contributed by atoms with E-state index in [9.17, 15) is 9.18 Å². The van der Waals surface area contributed by atoms with Gasteiger partial charge in [0.2, 0.25) is 0 Å². The van der Waals surface area contributed by atoms with Crippen molar-refractivity contribution in [2.75, 3.05) is 12.8 Å². The highest BCUT2D eigenvalue weighted by Gasteiger charge is 2.20. The fourth-order valence-corrected chi connectivity index (χ4v) is 1.98. The summed E-state index contributed by atoms with van der Waals surface area (Å²) >= 11 is 0. The number of carbonyl (C=O) groups excluding carboxylic acids is 1. The third-order valence-corrected chi connectivity index (χ3v) is 3.09. The number of hydrogen-bond donors (Lipinski definition) is 2. The lowest BCUT2D eigenvalue weighted by molar-refractivity contribution is 0.0780. The number of aromatic nitrogens is 2. The first-order valence-corrected chi connectivity index (χ1v) is 6.35. The highest BCUT2D eigenvalue weighted by atomic mass is 19.1. The lowest BCUT2D eigenvalue weighted by Crippen LogP contribution is -2.27. The molecular formula is C14H17FN4O. The molecule has 0 saturated carbocycles. The minimum Gasteiger partial charge on any atom is -0.395 e. The van der Waals surface area contributed by atoms with E-state index in [-0.39, 0.29) is 17.4 Å². The van der Waals surface area contributed by atoms with Crippen molar-refractivity contribution in [3.63, 3.8) is 0 Å². The molecule has 0 spiro atoms. The van der Waals surface area contributed by atoms with E-state index in [0.29, 0.717) is 24.2 Å². The molecule has 0 aliphatic rings. The average Bonchev–Trinajstić information content (AvgIpc) is 2.79. The normalized spacial score (nSPS) is 10.6. The smallest absolute Gasteiger partial charge is 0.276 e. The molecule has 0 unspecified atom stereocenters. The van der Waals surface area contributed by atoms with E-state index in [4.69, 9.17) is 5.73 Å². The first kappa shape index (κ1) is 14.0. The number of nitrogens with two attached hydrogens (primary N) is 1. The zero-order valence-electron chi connectivity index (χ0n) is 11.5. The topological polar surface area (TPSA) is 75.0 Å². The quantitative estimate of drug-likeness (QED) is 0.896. The number of benzene rings is 1. The number of halogens is 1. The Balaban J connectivity index is 2.14. The van der Waals surface area contributed by atoms with Gasteiger partial charge in [0.15, 0.2) is 5.69 Å². The Morgan fingerprint density at radius 1 is 1.50 bits per heavy atom. The summed E-state index contributed by atoms with van der Waals surface area (Å²) in [5.41, 5.74) is 7.91. The van der Waals surface area contributed by atoms with Gasteiger partial charge in [-0.3, -0.25) is 9.89 Å². The van der Waals surface area contributed by atoms with Gasteiger partial charge in [-0.1, -0.05) is 19.1 Å². The van der Waals surface area contributed by atoms with Crippen LogP contribution in [-0.2, 0) is 13.0 Å². The molecule has 2 rings (SSSR count). The van der Waals surface area contributed by atoms with Crippen molar-refractivity contribution in [2.45, 2.75) is 19.9 Å². The highest BCUT2D eigenvalue weighted by Crippen LogP contribution is 2.17. The second kappa shape index (κ2) is 5.73. The zero-order valence-corrected chi connectivity index (χ0v) is 11.5. The molecule has 106 valence electrons.